The largest absolute Gasteiger partial charge is 0.480 e. The third-order valence-electron chi connectivity index (χ3n) is 2.77. The zero-order chi connectivity index (χ0) is 18.7. The molecule has 1 unspecified atom stereocenters. The van der Waals surface area contributed by atoms with E-state index in [1.165, 1.54) is 5.32 Å². The lowest BCUT2D eigenvalue weighted by atomic mass is 10.0. The number of carbonyl (C=O) groups excluding carboxylic acids is 2. The smallest absolute Gasteiger partial charge is 0.471 e. The van der Waals surface area contributed by atoms with Crippen LogP contribution in [0.3, 0.4) is 0 Å². The first-order valence-corrected chi connectivity index (χ1v) is 6.13. The maximum atomic E-state index is 12.2. The SMILES string of the molecule is O=C(O)C(Cc1ccc(C(=O)C(F)(F)F)cc1)NC(=O)C(F)(F)F. The summed E-state index contributed by atoms with van der Waals surface area (Å²) in [5, 5.41) is 10.1. The first-order valence-electron chi connectivity index (χ1n) is 6.13. The van der Waals surface area contributed by atoms with Crippen molar-refractivity contribution < 1.29 is 45.8 Å². The zero-order valence-corrected chi connectivity index (χ0v) is 11.5. The summed E-state index contributed by atoms with van der Waals surface area (Å²) in [6.07, 6.45) is -11.0. The number of hydrogen-bond acceptors (Lipinski definition) is 3. The zero-order valence-electron chi connectivity index (χ0n) is 11.5. The van der Waals surface area contributed by atoms with E-state index in [1.54, 1.807) is 0 Å². The van der Waals surface area contributed by atoms with Crippen molar-refractivity contribution in [2.24, 2.45) is 0 Å². The van der Waals surface area contributed by atoms with Crippen molar-refractivity contribution in [2.75, 3.05) is 0 Å². The Labute approximate surface area is 130 Å². The van der Waals surface area contributed by atoms with Gasteiger partial charge in [-0.3, -0.25) is 9.59 Å². The molecule has 1 aromatic carbocycles. The summed E-state index contributed by atoms with van der Waals surface area (Å²) in [5.41, 5.74) is -0.693. The minimum absolute atomic E-state index is 0.0172. The molecular formula is C13H9F6NO4. The molecule has 0 saturated carbocycles. The van der Waals surface area contributed by atoms with Crippen LogP contribution in [0, 0.1) is 0 Å². The van der Waals surface area contributed by atoms with Gasteiger partial charge in [-0.2, -0.15) is 26.3 Å². The Morgan fingerprint density at radius 1 is 0.958 bits per heavy atom. The average molecular weight is 357 g/mol. The predicted molar refractivity (Wildman–Crippen MR) is 66.2 cm³/mol. The van der Waals surface area contributed by atoms with Gasteiger partial charge in [0.25, 0.3) is 5.78 Å². The van der Waals surface area contributed by atoms with Gasteiger partial charge in [-0.05, 0) is 5.56 Å². The summed E-state index contributed by atoms with van der Waals surface area (Å²) < 4.78 is 73.0. The van der Waals surface area contributed by atoms with E-state index in [1.807, 2.05) is 0 Å². The van der Waals surface area contributed by atoms with E-state index >= 15 is 0 Å². The molecule has 1 aromatic rings. The maximum absolute atomic E-state index is 12.2. The molecule has 0 aliphatic carbocycles. The topological polar surface area (TPSA) is 83.5 Å². The van der Waals surface area contributed by atoms with Crippen LogP contribution >= 0.6 is 0 Å². The average Bonchev–Trinajstić information content (AvgIpc) is 2.44. The summed E-state index contributed by atoms with van der Waals surface area (Å²) in [5.74, 6) is -6.34. The second-order valence-corrected chi connectivity index (χ2v) is 4.59. The molecule has 0 aliphatic heterocycles. The minimum Gasteiger partial charge on any atom is -0.480 e. The Morgan fingerprint density at radius 2 is 1.46 bits per heavy atom. The summed E-state index contributed by atoms with van der Waals surface area (Å²) in [6, 6.07) is 1.48. The lowest BCUT2D eigenvalue weighted by molar-refractivity contribution is -0.175. The molecule has 2 N–H and O–H groups in total. The number of rotatable bonds is 5. The second kappa shape index (κ2) is 6.89. The summed E-state index contributed by atoms with van der Waals surface area (Å²) in [7, 11) is 0. The molecule has 1 atom stereocenters. The Morgan fingerprint density at radius 3 is 1.83 bits per heavy atom. The Kier molecular flexibility index (Phi) is 5.58. The van der Waals surface area contributed by atoms with E-state index in [-0.39, 0.29) is 5.56 Å². The van der Waals surface area contributed by atoms with E-state index in [2.05, 4.69) is 0 Å². The van der Waals surface area contributed by atoms with E-state index in [4.69, 9.17) is 5.11 Å². The molecular weight excluding hydrogens is 348 g/mol. The van der Waals surface area contributed by atoms with E-state index in [0.29, 0.717) is 0 Å². The molecule has 24 heavy (non-hydrogen) atoms. The fourth-order valence-electron chi connectivity index (χ4n) is 1.63. The Hall–Kier alpha value is -2.59. The van der Waals surface area contributed by atoms with Crippen molar-refractivity contribution in [1.82, 2.24) is 5.32 Å². The number of halogens is 6. The lowest BCUT2D eigenvalue weighted by Gasteiger charge is -2.16. The first kappa shape index (κ1) is 19.5. The number of amides is 1. The normalized spacial score (nSPS) is 13.2. The van der Waals surface area contributed by atoms with Crippen LogP contribution in [0.5, 0.6) is 0 Å². The van der Waals surface area contributed by atoms with Crippen LogP contribution in [0.15, 0.2) is 24.3 Å². The number of ketones is 1. The molecule has 0 bridgehead atoms. The number of carbonyl (C=O) groups is 3. The number of nitrogens with one attached hydrogen (secondary N) is 1. The van der Waals surface area contributed by atoms with E-state index in [0.717, 1.165) is 24.3 Å². The fourth-order valence-corrected chi connectivity index (χ4v) is 1.63. The molecule has 11 heteroatoms. The fraction of sp³-hybridized carbons (Fsp3) is 0.308. The molecule has 1 amide bonds. The quantitative estimate of drug-likeness (QED) is 0.625. The highest BCUT2D eigenvalue weighted by molar-refractivity contribution is 6.00. The highest BCUT2D eigenvalue weighted by Crippen LogP contribution is 2.22. The van der Waals surface area contributed by atoms with Gasteiger partial charge in [0.2, 0.25) is 0 Å². The van der Waals surface area contributed by atoms with Crippen molar-refractivity contribution in [1.29, 1.82) is 0 Å². The molecule has 1 rings (SSSR count). The number of aliphatic carboxylic acids is 1. The monoisotopic (exact) mass is 357 g/mol. The van der Waals surface area contributed by atoms with Crippen LogP contribution in [-0.4, -0.2) is 41.2 Å². The Bertz CT molecular complexity index is 635. The molecule has 0 aromatic heterocycles. The minimum atomic E-state index is -5.28. The van der Waals surface area contributed by atoms with Gasteiger partial charge in [-0.1, -0.05) is 24.3 Å². The molecule has 0 saturated heterocycles. The number of benzene rings is 1. The van der Waals surface area contributed by atoms with Crippen molar-refractivity contribution in [3.63, 3.8) is 0 Å². The van der Waals surface area contributed by atoms with Crippen LogP contribution in [0.1, 0.15) is 15.9 Å². The van der Waals surface area contributed by atoms with Gasteiger partial charge < -0.3 is 10.4 Å². The van der Waals surface area contributed by atoms with Crippen molar-refractivity contribution >= 4 is 17.7 Å². The first-order chi connectivity index (χ1) is 10.8. The van der Waals surface area contributed by atoms with Gasteiger partial charge in [0, 0.05) is 12.0 Å². The maximum Gasteiger partial charge on any atom is 0.471 e. The summed E-state index contributed by atoms with van der Waals surface area (Å²) in [6.45, 7) is 0. The van der Waals surface area contributed by atoms with Gasteiger partial charge in [-0.15, -0.1) is 0 Å². The third-order valence-corrected chi connectivity index (χ3v) is 2.77. The summed E-state index contributed by atoms with van der Waals surface area (Å²) in [4.78, 5) is 32.6. The molecule has 0 fully saturated rings. The lowest BCUT2D eigenvalue weighted by Crippen LogP contribution is -2.47. The molecule has 0 aliphatic rings. The van der Waals surface area contributed by atoms with Gasteiger partial charge in [0.05, 0.1) is 0 Å². The van der Waals surface area contributed by atoms with Crippen LogP contribution in [0.4, 0.5) is 26.3 Å². The van der Waals surface area contributed by atoms with E-state index < -0.39 is 48.0 Å². The van der Waals surface area contributed by atoms with Crippen LogP contribution in [0.25, 0.3) is 0 Å². The van der Waals surface area contributed by atoms with Crippen LogP contribution < -0.4 is 5.32 Å². The standard InChI is InChI=1S/C13H9F6NO4/c14-12(15,16)9(21)7-3-1-6(2-4-7)5-8(10(22)23)20-11(24)13(17,18)19/h1-4,8H,5H2,(H,20,24)(H,22,23). The molecule has 132 valence electrons. The van der Waals surface area contributed by atoms with Crippen molar-refractivity contribution in [2.45, 2.75) is 24.8 Å². The third kappa shape index (κ3) is 5.25. The molecule has 0 heterocycles. The number of carboxylic acid groups (broad SMARTS) is 1. The predicted octanol–water partition coefficient (Wildman–Crippen LogP) is 2.11. The highest BCUT2D eigenvalue weighted by Gasteiger charge is 2.41. The molecule has 0 radical (unpaired) electrons. The van der Waals surface area contributed by atoms with Gasteiger partial charge in [-0.25, -0.2) is 4.79 Å². The molecule has 0 spiro atoms. The number of Topliss-reactive ketones (excluding diaryl/α,β-unsaturated/α-hetero) is 1. The summed E-state index contributed by atoms with van der Waals surface area (Å²) >= 11 is 0. The van der Waals surface area contributed by atoms with Gasteiger partial charge in [0.15, 0.2) is 0 Å². The van der Waals surface area contributed by atoms with Crippen LogP contribution in [-0.2, 0) is 16.0 Å². The number of alkyl halides is 6. The van der Waals surface area contributed by atoms with Crippen molar-refractivity contribution in [3.8, 4) is 0 Å². The van der Waals surface area contributed by atoms with E-state index in [9.17, 15) is 40.7 Å². The number of carboxylic acids is 1. The van der Waals surface area contributed by atoms with Gasteiger partial charge in [0.1, 0.15) is 6.04 Å². The van der Waals surface area contributed by atoms with Crippen molar-refractivity contribution in [3.05, 3.63) is 35.4 Å². The van der Waals surface area contributed by atoms with Crippen LogP contribution in [0.2, 0.25) is 0 Å². The number of hydrogen-bond donors (Lipinski definition) is 2. The Balaban J connectivity index is 2.88. The highest BCUT2D eigenvalue weighted by atomic mass is 19.4. The molecule has 5 nitrogen and oxygen atoms in total. The van der Waals surface area contributed by atoms with Gasteiger partial charge >= 0.3 is 24.2 Å². The second-order valence-electron chi connectivity index (χ2n) is 4.59.